The number of rotatable bonds is 2. The molecule has 0 atom stereocenters. The van der Waals surface area contributed by atoms with Crippen LogP contribution in [0.5, 0.6) is 0 Å². The Morgan fingerprint density at radius 1 is 1.75 bits per heavy atom. The molecule has 0 bridgehead atoms. The normalized spacial score (nSPS) is 22.1. The molecule has 1 rings (SSSR count). The van der Waals surface area contributed by atoms with E-state index < -0.39 is 0 Å². The zero-order valence-electron chi connectivity index (χ0n) is 5.26. The molecule has 0 N–H and O–H groups in total. The van der Waals surface area contributed by atoms with Gasteiger partial charge >= 0.3 is 0 Å². The Kier molecular flexibility index (Phi) is 2.70. The summed E-state index contributed by atoms with van der Waals surface area (Å²) in [6, 6.07) is 0. The van der Waals surface area contributed by atoms with Crippen LogP contribution in [0, 0.1) is 6.54 Å². The summed E-state index contributed by atoms with van der Waals surface area (Å²) in [5.41, 5.74) is 0. The molecule has 8 heavy (non-hydrogen) atoms. The molecule has 1 aliphatic heterocycles. The van der Waals surface area contributed by atoms with E-state index in [1.165, 1.54) is 25.1 Å². The molecular formula is C6H12NS. The lowest BCUT2D eigenvalue weighted by molar-refractivity contribution is 0.569. The minimum Gasteiger partial charge on any atom is -0.246 e. The average molecular weight is 130 g/mol. The van der Waals surface area contributed by atoms with Crippen molar-refractivity contribution in [1.29, 1.82) is 0 Å². The van der Waals surface area contributed by atoms with Crippen LogP contribution in [0.3, 0.4) is 0 Å². The van der Waals surface area contributed by atoms with E-state index >= 15 is 0 Å². The van der Waals surface area contributed by atoms with Gasteiger partial charge in [-0.15, -0.1) is 0 Å². The fourth-order valence-corrected chi connectivity index (χ4v) is 1.82. The lowest BCUT2D eigenvalue weighted by Gasteiger charge is -2.08. The third-order valence-corrected chi connectivity index (χ3v) is 2.30. The Morgan fingerprint density at radius 3 is 3.12 bits per heavy atom. The van der Waals surface area contributed by atoms with Crippen molar-refractivity contribution in [3.05, 3.63) is 6.54 Å². The van der Waals surface area contributed by atoms with Crippen LogP contribution in [0.2, 0.25) is 0 Å². The van der Waals surface area contributed by atoms with Gasteiger partial charge in [0.1, 0.15) is 0 Å². The van der Waals surface area contributed by atoms with Crippen molar-refractivity contribution in [2.45, 2.75) is 19.8 Å². The molecule has 0 spiro atoms. The number of hydrogen-bond donors (Lipinski definition) is 0. The van der Waals surface area contributed by atoms with Gasteiger partial charge in [-0.3, -0.25) is 0 Å². The third kappa shape index (κ3) is 1.67. The standard InChI is InChI=1S/C6H12NS/c1-2-4-7-5-3-6-8-7/h4H,2-3,5-6H2,1H3. The average Bonchev–Trinajstić information content (AvgIpc) is 2.19. The molecule has 0 amide bonds. The van der Waals surface area contributed by atoms with E-state index in [2.05, 4.69) is 17.8 Å². The van der Waals surface area contributed by atoms with E-state index in [4.69, 9.17) is 0 Å². The SMILES string of the molecule is CC[CH]N1CCCS1. The summed E-state index contributed by atoms with van der Waals surface area (Å²) in [5.74, 6) is 1.32. The van der Waals surface area contributed by atoms with Crippen LogP contribution in [0.4, 0.5) is 0 Å². The molecule has 1 aliphatic rings. The van der Waals surface area contributed by atoms with Gasteiger partial charge in [-0.25, -0.2) is 4.31 Å². The second-order valence-corrected chi connectivity index (χ2v) is 3.05. The molecule has 1 nitrogen and oxygen atoms in total. The number of nitrogens with zero attached hydrogens (tertiary/aromatic N) is 1. The molecule has 0 saturated carbocycles. The first kappa shape index (κ1) is 6.43. The van der Waals surface area contributed by atoms with Crippen molar-refractivity contribution >= 4 is 11.9 Å². The van der Waals surface area contributed by atoms with Crippen LogP contribution >= 0.6 is 11.9 Å². The second kappa shape index (κ2) is 3.36. The highest BCUT2D eigenvalue weighted by Gasteiger charge is 2.09. The summed E-state index contributed by atoms with van der Waals surface area (Å²) in [7, 11) is 0. The van der Waals surface area contributed by atoms with E-state index in [0.29, 0.717) is 0 Å². The van der Waals surface area contributed by atoms with Gasteiger partial charge in [0.05, 0.1) is 0 Å². The molecule has 0 aromatic carbocycles. The Balaban J connectivity index is 2.06. The van der Waals surface area contributed by atoms with Gasteiger partial charge in [0.15, 0.2) is 0 Å². The number of hydrogen-bond acceptors (Lipinski definition) is 2. The van der Waals surface area contributed by atoms with Crippen LogP contribution in [-0.4, -0.2) is 16.6 Å². The summed E-state index contributed by atoms with van der Waals surface area (Å²) in [5, 5.41) is 0. The highest BCUT2D eigenvalue weighted by molar-refractivity contribution is 7.97. The molecular weight excluding hydrogens is 118 g/mol. The molecule has 2 heteroatoms. The molecule has 0 aromatic heterocycles. The van der Waals surface area contributed by atoms with Gasteiger partial charge < -0.3 is 0 Å². The lowest BCUT2D eigenvalue weighted by Crippen LogP contribution is -2.05. The van der Waals surface area contributed by atoms with E-state index in [0.717, 1.165) is 0 Å². The predicted octanol–water partition coefficient (Wildman–Crippen LogP) is 1.91. The van der Waals surface area contributed by atoms with Gasteiger partial charge in [-0.05, 0) is 12.8 Å². The monoisotopic (exact) mass is 130 g/mol. The fourth-order valence-electron chi connectivity index (χ4n) is 0.814. The largest absolute Gasteiger partial charge is 0.246 e. The Morgan fingerprint density at radius 2 is 2.62 bits per heavy atom. The quantitative estimate of drug-likeness (QED) is 0.525. The zero-order chi connectivity index (χ0) is 5.82. The van der Waals surface area contributed by atoms with Crippen molar-refractivity contribution < 1.29 is 0 Å². The summed E-state index contributed by atoms with van der Waals surface area (Å²) >= 11 is 1.94. The topological polar surface area (TPSA) is 3.24 Å². The second-order valence-electron chi connectivity index (χ2n) is 1.92. The lowest BCUT2D eigenvalue weighted by atomic mass is 10.4. The first-order valence-electron chi connectivity index (χ1n) is 3.16. The van der Waals surface area contributed by atoms with E-state index in [1.807, 2.05) is 11.9 Å². The Hall–Kier alpha value is 0.310. The molecule has 1 heterocycles. The van der Waals surface area contributed by atoms with Crippen molar-refractivity contribution in [3.63, 3.8) is 0 Å². The molecule has 0 aliphatic carbocycles. The van der Waals surface area contributed by atoms with E-state index in [9.17, 15) is 0 Å². The molecule has 1 fully saturated rings. The summed E-state index contributed by atoms with van der Waals surface area (Å²) in [6.07, 6.45) is 2.54. The smallest absolute Gasteiger partial charge is 0.0364 e. The highest BCUT2D eigenvalue weighted by atomic mass is 32.2. The van der Waals surface area contributed by atoms with Gasteiger partial charge in [0, 0.05) is 18.8 Å². The minimum absolute atomic E-state index is 1.17. The third-order valence-electron chi connectivity index (χ3n) is 1.17. The highest BCUT2D eigenvalue weighted by Crippen LogP contribution is 2.21. The van der Waals surface area contributed by atoms with Gasteiger partial charge in [-0.1, -0.05) is 18.9 Å². The minimum atomic E-state index is 1.17. The Bertz CT molecular complexity index is 59.5. The molecule has 47 valence electrons. The van der Waals surface area contributed by atoms with Crippen molar-refractivity contribution in [1.82, 2.24) is 4.31 Å². The van der Waals surface area contributed by atoms with Crippen LogP contribution < -0.4 is 0 Å². The van der Waals surface area contributed by atoms with E-state index in [-0.39, 0.29) is 0 Å². The zero-order valence-corrected chi connectivity index (χ0v) is 6.08. The molecule has 1 saturated heterocycles. The maximum Gasteiger partial charge on any atom is 0.0364 e. The van der Waals surface area contributed by atoms with Gasteiger partial charge in [0.2, 0.25) is 0 Å². The van der Waals surface area contributed by atoms with Crippen molar-refractivity contribution in [2.75, 3.05) is 12.3 Å². The summed E-state index contributed by atoms with van der Waals surface area (Å²) in [4.78, 5) is 0. The first-order chi connectivity index (χ1) is 3.93. The maximum atomic E-state index is 2.33. The molecule has 1 radical (unpaired) electrons. The fraction of sp³-hybridized carbons (Fsp3) is 0.833. The first-order valence-corrected chi connectivity index (χ1v) is 4.10. The van der Waals surface area contributed by atoms with E-state index in [1.54, 1.807) is 0 Å². The van der Waals surface area contributed by atoms with Crippen LogP contribution in [0.25, 0.3) is 0 Å². The molecule has 0 unspecified atom stereocenters. The van der Waals surface area contributed by atoms with Crippen LogP contribution in [0.1, 0.15) is 19.8 Å². The maximum absolute atomic E-state index is 2.33. The predicted molar refractivity (Wildman–Crippen MR) is 38.4 cm³/mol. The van der Waals surface area contributed by atoms with Crippen LogP contribution in [-0.2, 0) is 0 Å². The van der Waals surface area contributed by atoms with Crippen molar-refractivity contribution in [2.24, 2.45) is 0 Å². The van der Waals surface area contributed by atoms with Gasteiger partial charge in [-0.2, -0.15) is 0 Å². The summed E-state index contributed by atoms with van der Waals surface area (Å²) < 4.78 is 2.33. The van der Waals surface area contributed by atoms with Gasteiger partial charge in [0.25, 0.3) is 0 Å². The summed E-state index contributed by atoms with van der Waals surface area (Å²) in [6.45, 7) is 5.70. The van der Waals surface area contributed by atoms with Crippen LogP contribution in [0.15, 0.2) is 0 Å². The van der Waals surface area contributed by atoms with Crippen molar-refractivity contribution in [3.8, 4) is 0 Å². The Labute approximate surface area is 55.6 Å². The molecule has 0 aromatic rings.